The van der Waals surface area contributed by atoms with Crippen LogP contribution in [-0.4, -0.2) is 54.7 Å². The molecule has 1 rings (SSSR count). The lowest BCUT2D eigenvalue weighted by Crippen LogP contribution is -2.52. The van der Waals surface area contributed by atoms with Crippen molar-refractivity contribution < 1.29 is 14.7 Å². The summed E-state index contributed by atoms with van der Waals surface area (Å²) in [5.41, 5.74) is 0.977. The smallest absolute Gasteiger partial charge is 0.318 e. The molecule has 0 fully saturated rings. The second kappa shape index (κ2) is 11.5. The molecule has 0 aliphatic heterocycles. The second-order valence-electron chi connectivity index (χ2n) is 6.55. The van der Waals surface area contributed by atoms with Gasteiger partial charge in [0.05, 0.1) is 6.61 Å². The highest BCUT2D eigenvalue weighted by molar-refractivity contribution is 5.87. The van der Waals surface area contributed by atoms with Gasteiger partial charge in [-0.2, -0.15) is 0 Å². The summed E-state index contributed by atoms with van der Waals surface area (Å²) in [6, 6.07) is 8.61. The number of rotatable bonds is 10. The number of amides is 3. The monoisotopic (exact) mass is 349 g/mol. The van der Waals surface area contributed by atoms with Crippen LogP contribution in [0.4, 0.5) is 4.79 Å². The Balaban J connectivity index is 2.71. The highest BCUT2D eigenvalue weighted by Gasteiger charge is 2.23. The summed E-state index contributed by atoms with van der Waals surface area (Å²) in [6.07, 6.45) is 2.30. The van der Waals surface area contributed by atoms with E-state index in [0.29, 0.717) is 18.9 Å². The summed E-state index contributed by atoms with van der Waals surface area (Å²) in [5.74, 6) is 0.332. The van der Waals surface area contributed by atoms with Crippen molar-refractivity contribution in [3.8, 4) is 0 Å². The number of carbonyl (C=O) groups excluding carboxylic acids is 2. The van der Waals surface area contributed by atoms with Crippen LogP contribution >= 0.6 is 0 Å². The van der Waals surface area contributed by atoms with Crippen molar-refractivity contribution in [2.24, 2.45) is 5.92 Å². The molecule has 1 aromatic carbocycles. The number of hydrogen-bond donors (Lipinski definition) is 3. The normalized spacial score (nSPS) is 11.9. The zero-order valence-corrected chi connectivity index (χ0v) is 15.5. The van der Waals surface area contributed by atoms with Crippen LogP contribution in [0.1, 0.15) is 32.3 Å². The van der Waals surface area contributed by atoms with Gasteiger partial charge in [0.2, 0.25) is 5.91 Å². The topological polar surface area (TPSA) is 81.7 Å². The predicted octanol–water partition coefficient (Wildman–Crippen LogP) is 1.78. The lowest BCUT2D eigenvalue weighted by molar-refractivity contribution is -0.122. The van der Waals surface area contributed by atoms with E-state index < -0.39 is 6.04 Å². The minimum Gasteiger partial charge on any atom is -0.395 e. The van der Waals surface area contributed by atoms with Crippen LogP contribution < -0.4 is 10.6 Å². The van der Waals surface area contributed by atoms with E-state index in [-0.39, 0.29) is 25.1 Å². The zero-order chi connectivity index (χ0) is 18.7. The van der Waals surface area contributed by atoms with Crippen LogP contribution in [0.5, 0.6) is 0 Å². The molecule has 1 aromatic rings. The molecule has 3 N–H and O–H groups in total. The summed E-state index contributed by atoms with van der Waals surface area (Å²) in [7, 11) is 1.56. The molecule has 140 valence electrons. The van der Waals surface area contributed by atoms with Crippen molar-refractivity contribution in [2.45, 2.75) is 39.2 Å². The molecule has 0 saturated heterocycles. The van der Waals surface area contributed by atoms with Gasteiger partial charge < -0.3 is 20.6 Å². The Hall–Kier alpha value is -2.08. The van der Waals surface area contributed by atoms with Gasteiger partial charge in [-0.3, -0.25) is 4.79 Å². The first-order chi connectivity index (χ1) is 12.0. The molecule has 0 heterocycles. The fourth-order valence-electron chi connectivity index (χ4n) is 2.60. The average molecular weight is 349 g/mol. The Morgan fingerprint density at radius 3 is 2.40 bits per heavy atom. The summed E-state index contributed by atoms with van der Waals surface area (Å²) in [4.78, 5) is 26.3. The van der Waals surface area contributed by atoms with E-state index in [1.165, 1.54) is 0 Å². The largest absolute Gasteiger partial charge is 0.395 e. The highest BCUT2D eigenvalue weighted by atomic mass is 16.3. The van der Waals surface area contributed by atoms with E-state index in [2.05, 4.69) is 24.5 Å². The fraction of sp³-hybridized carbons (Fsp3) is 0.579. The molecular formula is C19H31N3O3. The van der Waals surface area contributed by atoms with Crippen molar-refractivity contribution in [3.63, 3.8) is 0 Å². The van der Waals surface area contributed by atoms with Gasteiger partial charge in [-0.25, -0.2) is 4.79 Å². The molecule has 6 heteroatoms. The molecule has 0 aromatic heterocycles. The number of aliphatic hydroxyl groups is 1. The van der Waals surface area contributed by atoms with Crippen LogP contribution in [0.25, 0.3) is 0 Å². The molecule has 0 saturated carbocycles. The fourth-order valence-corrected chi connectivity index (χ4v) is 2.60. The quantitative estimate of drug-likeness (QED) is 0.602. The van der Waals surface area contributed by atoms with Crippen molar-refractivity contribution in [1.29, 1.82) is 0 Å². The summed E-state index contributed by atoms with van der Waals surface area (Å²) in [5, 5.41) is 14.6. The number of hydrogen-bond acceptors (Lipinski definition) is 3. The molecule has 0 radical (unpaired) electrons. The van der Waals surface area contributed by atoms with Crippen molar-refractivity contribution >= 4 is 11.9 Å². The number of likely N-dealkylation sites (N-methyl/N-ethyl adjacent to an activating group) is 1. The van der Waals surface area contributed by atoms with Crippen LogP contribution in [0.3, 0.4) is 0 Å². The van der Waals surface area contributed by atoms with E-state index in [1.54, 1.807) is 11.9 Å². The minimum atomic E-state index is -0.647. The molecule has 25 heavy (non-hydrogen) atoms. The molecule has 0 bridgehead atoms. The first kappa shape index (κ1) is 21.0. The standard InChI is InChI=1S/C19H31N3O3/c1-15(2)8-7-11-22(12-13-23)19(25)21-17(18(24)20-3)14-16-9-5-4-6-10-16/h4-6,9-10,15,17,23H,7-8,11-14H2,1-3H3,(H,20,24)(H,21,25). The van der Waals surface area contributed by atoms with Gasteiger partial charge in [-0.1, -0.05) is 44.2 Å². The van der Waals surface area contributed by atoms with E-state index in [0.717, 1.165) is 18.4 Å². The van der Waals surface area contributed by atoms with E-state index in [1.807, 2.05) is 30.3 Å². The Labute approximate surface area is 150 Å². The first-order valence-electron chi connectivity index (χ1n) is 8.89. The van der Waals surface area contributed by atoms with Crippen molar-refractivity contribution in [2.75, 3.05) is 26.7 Å². The van der Waals surface area contributed by atoms with Crippen molar-refractivity contribution in [3.05, 3.63) is 35.9 Å². The minimum absolute atomic E-state index is 0.0988. The lowest BCUT2D eigenvalue weighted by atomic mass is 10.1. The van der Waals surface area contributed by atoms with Crippen LogP contribution in [-0.2, 0) is 11.2 Å². The van der Waals surface area contributed by atoms with Gasteiger partial charge >= 0.3 is 6.03 Å². The van der Waals surface area contributed by atoms with E-state index in [9.17, 15) is 14.7 Å². The van der Waals surface area contributed by atoms with E-state index >= 15 is 0 Å². The molecule has 6 nitrogen and oxygen atoms in total. The number of benzene rings is 1. The number of nitrogens with one attached hydrogen (secondary N) is 2. The Morgan fingerprint density at radius 1 is 1.16 bits per heavy atom. The summed E-state index contributed by atoms with van der Waals surface area (Å²) in [6.45, 7) is 5.00. The third-order valence-electron chi connectivity index (χ3n) is 4.01. The maximum Gasteiger partial charge on any atom is 0.318 e. The number of carbonyl (C=O) groups is 2. The lowest BCUT2D eigenvalue weighted by Gasteiger charge is -2.26. The average Bonchev–Trinajstić information content (AvgIpc) is 2.60. The predicted molar refractivity (Wildman–Crippen MR) is 99.3 cm³/mol. The number of aliphatic hydroxyl groups excluding tert-OH is 1. The molecule has 1 unspecified atom stereocenters. The second-order valence-corrected chi connectivity index (χ2v) is 6.55. The molecule has 1 atom stereocenters. The van der Waals surface area contributed by atoms with Gasteiger partial charge in [0.25, 0.3) is 0 Å². The Kier molecular flexibility index (Phi) is 9.62. The summed E-state index contributed by atoms with van der Waals surface area (Å²) >= 11 is 0. The Morgan fingerprint density at radius 2 is 1.84 bits per heavy atom. The van der Waals surface area contributed by atoms with Crippen LogP contribution in [0.15, 0.2) is 30.3 Å². The SMILES string of the molecule is CNC(=O)C(Cc1ccccc1)NC(=O)N(CCO)CCCC(C)C. The van der Waals surface area contributed by atoms with Gasteiger partial charge in [0.1, 0.15) is 6.04 Å². The Bertz CT molecular complexity index is 520. The van der Waals surface area contributed by atoms with Crippen LogP contribution in [0, 0.1) is 5.92 Å². The third-order valence-corrected chi connectivity index (χ3v) is 4.01. The van der Waals surface area contributed by atoms with Gasteiger partial charge in [0, 0.05) is 26.6 Å². The maximum atomic E-state index is 12.6. The summed E-state index contributed by atoms with van der Waals surface area (Å²) < 4.78 is 0. The van der Waals surface area contributed by atoms with Gasteiger partial charge in [-0.05, 0) is 24.3 Å². The third kappa shape index (κ3) is 8.03. The molecule has 0 spiro atoms. The van der Waals surface area contributed by atoms with Gasteiger partial charge in [-0.15, -0.1) is 0 Å². The maximum absolute atomic E-state index is 12.6. The molecule has 0 aliphatic rings. The van der Waals surface area contributed by atoms with Crippen LogP contribution in [0.2, 0.25) is 0 Å². The van der Waals surface area contributed by atoms with E-state index in [4.69, 9.17) is 0 Å². The molecular weight excluding hydrogens is 318 g/mol. The van der Waals surface area contributed by atoms with Crippen molar-refractivity contribution in [1.82, 2.24) is 15.5 Å². The number of urea groups is 1. The zero-order valence-electron chi connectivity index (χ0n) is 15.5. The number of nitrogens with zero attached hydrogens (tertiary/aromatic N) is 1. The highest BCUT2D eigenvalue weighted by Crippen LogP contribution is 2.07. The van der Waals surface area contributed by atoms with Gasteiger partial charge in [0.15, 0.2) is 0 Å². The molecule has 0 aliphatic carbocycles. The molecule has 3 amide bonds. The first-order valence-corrected chi connectivity index (χ1v) is 8.89.